The van der Waals surface area contributed by atoms with E-state index in [-0.39, 0.29) is 11.5 Å². The molecule has 3 aromatic rings. The summed E-state index contributed by atoms with van der Waals surface area (Å²) in [7, 11) is 1.63. The SMILES string of the molecule is Cc1cccc([C@@H]2CCCN(C(=O)c3cccc(-c4ccc(=O)n(C)n4)c3)C2)c1. The van der Waals surface area contributed by atoms with Gasteiger partial charge in [0.2, 0.25) is 0 Å². The Balaban J connectivity index is 1.56. The lowest BCUT2D eigenvalue weighted by molar-refractivity contribution is 0.0707. The molecule has 1 aliphatic heterocycles. The Hall–Kier alpha value is -3.21. The predicted octanol–water partition coefficient (Wildman–Crippen LogP) is 3.78. The lowest BCUT2D eigenvalue weighted by Gasteiger charge is -2.33. The van der Waals surface area contributed by atoms with Gasteiger partial charge in [0.05, 0.1) is 5.69 Å². The number of amides is 1. The molecule has 5 heteroatoms. The van der Waals surface area contributed by atoms with E-state index in [0.29, 0.717) is 17.2 Å². The summed E-state index contributed by atoms with van der Waals surface area (Å²) in [6.07, 6.45) is 2.11. The quantitative estimate of drug-likeness (QED) is 0.687. The summed E-state index contributed by atoms with van der Waals surface area (Å²) < 4.78 is 1.31. The molecular weight excluding hydrogens is 362 g/mol. The number of hydrogen-bond donors (Lipinski definition) is 0. The van der Waals surface area contributed by atoms with E-state index >= 15 is 0 Å². The van der Waals surface area contributed by atoms with Crippen molar-refractivity contribution >= 4 is 5.91 Å². The number of likely N-dealkylation sites (tertiary alicyclic amines) is 1. The van der Waals surface area contributed by atoms with E-state index < -0.39 is 0 Å². The van der Waals surface area contributed by atoms with E-state index in [4.69, 9.17) is 0 Å². The Kier molecular flexibility index (Phi) is 5.30. The molecule has 0 spiro atoms. The van der Waals surface area contributed by atoms with Gasteiger partial charge in [0.1, 0.15) is 0 Å². The monoisotopic (exact) mass is 387 g/mol. The Bertz CT molecular complexity index is 1100. The second kappa shape index (κ2) is 8.03. The molecule has 2 heterocycles. The van der Waals surface area contributed by atoms with E-state index in [1.807, 2.05) is 29.2 Å². The summed E-state index contributed by atoms with van der Waals surface area (Å²) in [6.45, 7) is 3.63. The van der Waals surface area contributed by atoms with Crippen LogP contribution in [-0.4, -0.2) is 33.7 Å². The molecule has 2 aromatic carbocycles. The van der Waals surface area contributed by atoms with Gasteiger partial charge in [-0.05, 0) is 43.5 Å². The zero-order chi connectivity index (χ0) is 20.4. The predicted molar refractivity (Wildman–Crippen MR) is 114 cm³/mol. The minimum Gasteiger partial charge on any atom is -0.338 e. The third kappa shape index (κ3) is 4.14. The number of piperidine rings is 1. The molecule has 5 nitrogen and oxygen atoms in total. The Morgan fingerprint density at radius 3 is 2.69 bits per heavy atom. The molecule has 1 aliphatic rings. The van der Waals surface area contributed by atoms with Crippen LogP contribution in [0.3, 0.4) is 0 Å². The average molecular weight is 387 g/mol. The fraction of sp³-hybridized carbons (Fsp3) is 0.292. The number of aryl methyl sites for hydroxylation is 2. The van der Waals surface area contributed by atoms with Crippen LogP contribution in [0.1, 0.15) is 40.2 Å². The molecule has 1 atom stereocenters. The first-order chi connectivity index (χ1) is 14.0. The first kappa shape index (κ1) is 19.1. The third-order valence-electron chi connectivity index (χ3n) is 5.59. The summed E-state index contributed by atoms with van der Waals surface area (Å²) in [5, 5.41) is 4.30. The largest absolute Gasteiger partial charge is 0.338 e. The van der Waals surface area contributed by atoms with Crippen LogP contribution in [-0.2, 0) is 7.05 Å². The lowest BCUT2D eigenvalue weighted by Crippen LogP contribution is -2.39. The first-order valence-electron chi connectivity index (χ1n) is 10.0. The van der Waals surface area contributed by atoms with Gasteiger partial charge >= 0.3 is 0 Å². The normalized spacial score (nSPS) is 16.6. The van der Waals surface area contributed by atoms with E-state index in [1.54, 1.807) is 13.1 Å². The van der Waals surface area contributed by atoms with Gasteiger partial charge in [0.15, 0.2) is 0 Å². The maximum Gasteiger partial charge on any atom is 0.266 e. The number of carbonyl (C=O) groups excluding carboxylic acids is 1. The Morgan fingerprint density at radius 1 is 1.07 bits per heavy atom. The highest BCUT2D eigenvalue weighted by atomic mass is 16.2. The van der Waals surface area contributed by atoms with Crippen molar-refractivity contribution in [2.24, 2.45) is 7.05 Å². The molecule has 148 valence electrons. The van der Waals surface area contributed by atoms with Crippen LogP contribution >= 0.6 is 0 Å². The zero-order valence-corrected chi connectivity index (χ0v) is 16.8. The molecule has 1 aromatic heterocycles. The van der Waals surface area contributed by atoms with Crippen LogP contribution < -0.4 is 5.56 Å². The van der Waals surface area contributed by atoms with Gasteiger partial charge in [0.25, 0.3) is 11.5 Å². The number of nitrogens with zero attached hydrogens (tertiary/aromatic N) is 3. The summed E-state index contributed by atoms with van der Waals surface area (Å²) in [5.41, 5.74) is 4.57. The van der Waals surface area contributed by atoms with Gasteiger partial charge < -0.3 is 4.90 Å². The smallest absolute Gasteiger partial charge is 0.266 e. The number of hydrogen-bond acceptors (Lipinski definition) is 3. The summed E-state index contributed by atoms with van der Waals surface area (Å²) in [6, 6.07) is 19.3. The molecule has 4 rings (SSSR count). The third-order valence-corrected chi connectivity index (χ3v) is 5.59. The van der Waals surface area contributed by atoms with E-state index in [2.05, 4.69) is 36.3 Å². The molecule has 1 fully saturated rings. The van der Waals surface area contributed by atoms with Crippen molar-refractivity contribution in [1.29, 1.82) is 0 Å². The van der Waals surface area contributed by atoms with E-state index in [1.165, 1.54) is 21.9 Å². The summed E-state index contributed by atoms with van der Waals surface area (Å²) in [4.78, 5) is 26.8. The van der Waals surface area contributed by atoms with Crippen LogP contribution in [0.5, 0.6) is 0 Å². The highest BCUT2D eigenvalue weighted by molar-refractivity contribution is 5.95. The average Bonchev–Trinajstić information content (AvgIpc) is 2.75. The van der Waals surface area contributed by atoms with Crippen LogP contribution in [0.2, 0.25) is 0 Å². The molecule has 0 radical (unpaired) electrons. The topological polar surface area (TPSA) is 55.2 Å². The highest BCUT2D eigenvalue weighted by Gasteiger charge is 2.25. The van der Waals surface area contributed by atoms with Gasteiger partial charge in [-0.3, -0.25) is 9.59 Å². The van der Waals surface area contributed by atoms with E-state index in [9.17, 15) is 9.59 Å². The number of rotatable bonds is 3. The molecule has 0 unspecified atom stereocenters. The molecule has 0 saturated carbocycles. The van der Waals surface area contributed by atoms with E-state index in [0.717, 1.165) is 31.5 Å². The highest BCUT2D eigenvalue weighted by Crippen LogP contribution is 2.28. The maximum atomic E-state index is 13.2. The number of carbonyl (C=O) groups is 1. The van der Waals surface area contributed by atoms with Crippen molar-refractivity contribution in [3.05, 3.63) is 87.7 Å². The summed E-state index contributed by atoms with van der Waals surface area (Å²) >= 11 is 0. The van der Waals surface area contributed by atoms with Gasteiger partial charge in [-0.2, -0.15) is 5.10 Å². The van der Waals surface area contributed by atoms with Gasteiger partial charge in [-0.15, -0.1) is 0 Å². The molecule has 1 saturated heterocycles. The Morgan fingerprint density at radius 2 is 1.90 bits per heavy atom. The molecule has 29 heavy (non-hydrogen) atoms. The summed E-state index contributed by atoms with van der Waals surface area (Å²) in [5.74, 6) is 0.426. The fourth-order valence-corrected chi connectivity index (χ4v) is 4.01. The van der Waals surface area contributed by atoms with Crippen LogP contribution in [0.15, 0.2) is 65.5 Å². The van der Waals surface area contributed by atoms with Crippen molar-refractivity contribution < 1.29 is 4.79 Å². The van der Waals surface area contributed by atoms with Crippen molar-refractivity contribution in [2.45, 2.75) is 25.7 Å². The Labute approximate surface area is 170 Å². The van der Waals surface area contributed by atoms with Crippen molar-refractivity contribution in [3.8, 4) is 11.3 Å². The van der Waals surface area contributed by atoms with Gasteiger partial charge in [-0.25, -0.2) is 4.68 Å². The van der Waals surface area contributed by atoms with Crippen molar-refractivity contribution in [2.75, 3.05) is 13.1 Å². The zero-order valence-electron chi connectivity index (χ0n) is 16.8. The van der Waals surface area contributed by atoms with Gasteiger partial charge in [0, 0.05) is 43.2 Å². The molecule has 0 aliphatic carbocycles. The van der Waals surface area contributed by atoms with Gasteiger partial charge in [-0.1, -0.05) is 42.0 Å². The minimum atomic E-state index is -0.156. The maximum absolute atomic E-state index is 13.2. The molecular formula is C24H25N3O2. The standard InChI is InChI=1S/C24H25N3O2/c1-17-6-3-7-18(14-17)21-10-5-13-27(16-21)24(29)20-9-4-8-19(15-20)22-11-12-23(28)26(2)25-22/h3-4,6-9,11-12,14-15,21H,5,10,13,16H2,1-2H3/t21-/m1/s1. The van der Waals surface area contributed by atoms with Crippen LogP contribution in [0.4, 0.5) is 0 Å². The minimum absolute atomic E-state index is 0.0500. The molecule has 0 N–H and O–H groups in total. The first-order valence-corrected chi connectivity index (χ1v) is 10.0. The number of benzene rings is 2. The van der Waals surface area contributed by atoms with Crippen molar-refractivity contribution in [3.63, 3.8) is 0 Å². The lowest BCUT2D eigenvalue weighted by atomic mass is 9.89. The van der Waals surface area contributed by atoms with Crippen LogP contribution in [0.25, 0.3) is 11.3 Å². The second-order valence-corrected chi connectivity index (χ2v) is 7.77. The fourth-order valence-electron chi connectivity index (χ4n) is 4.01. The number of aromatic nitrogens is 2. The van der Waals surface area contributed by atoms with Crippen molar-refractivity contribution in [1.82, 2.24) is 14.7 Å². The second-order valence-electron chi connectivity index (χ2n) is 7.77. The van der Waals surface area contributed by atoms with Crippen LogP contribution in [0, 0.1) is 6.92 Å². The molecule has 0 bridgehead atoms. The molecule has 1 amide bonds.